The maximum Gasteiger partial charge on any atom is 0.270 e. The summed E-state index contributed by atoms with van der Waals surface area (Å²) < 4.78 is 0. The average molecular weight is 321 g/mol. The Hall–Kier alpha value is -1.99. The summed E-state index contributed by atoms with van der Waals surface area (Å²) in [7, 11) is 0. The van der Waals surface area contributed by atoms with E-state index in [1.165, 1.54) is 12.1 Å². The fraction of sp³-hybridized carbons (Fsp3) is 0.562. The van der Waals surface area contributed by atoms with E-state index in [-0.39, 0.29) is 17.6 Å². The first kappa shape index (κ1) is 17.4. The molecular weight excluding hydrogens is 298 g/mol. The van der Waals surface area contributed by atoms with Crippen LogP contribution in [0.25, 0.3) is 0 Å². The number of benzene rings is 1. The number of carbonyl (C=O) groups is 1. The van der Waals surface area contributed by atoms with Gasteiger partial charge in [-0.05, 0) is 32.4 Å². The van der Waals surface area contributed by atoms with Crippen molar-refractivity contribution in [3.8, 4) is 0 Å². The summed E-state index contributed by atoms with van der Waals surface area (Å²) >= 11 is 0. The highest BCUT2D eigenvalue weighted by molar-refractivity contribution is 5.95. The minimum atomic E-state index is -0.478. The number of piperazine rings is 1. The lowest BCUT2D eigenvalue weighted by molar-refractivity contribution is -0.384. The number of aliphatic hydroxyl groups is 1. The van der Waals surface area contributed by atoms with Crippen LogP contribution in [0.3, 0.4) is 0 Å². The number of rotatable bonds is 4. The number of β-amino-alcohol motifs (C(OH)–C–C–N with tert-alkyl or cyclic N) is 1. The fourth-order valence-electron chi connectivity index (χ4n) is 3.03. The SMILES string of the molecule is Cc1cc(C(=O)N2CCN(C[C@@H](C)O)C[C@H]2C)cc([N+](=O)[O-])c1. The zero-order valence-electron chi connectivity index (χ0n) is 13.7. The van der Waals surface area contributed by atoms with Gasteiger partial charge in [-0.15, -0.1) is 0 Å². The minimum Gasteiger partial charge on any atom is -0.392 e. The molecule has 1 N–H and O–H groups in total. The molecule has 0 radical (unpaired) electrons. The summed E-state index contributed by atoms with van der Waals surface area (Å²) in [5.41, 5.74) is 0.990. The number of amides is 1. The Labute approximate surface area is 135 Å². The van der Waals surface area contributed by atoms with Crippen LogP contribution in [0.1, 0.15) is 29.8 Å². The number of aryl methyl sites for hydroxylation is 1. The molecule has 0 saturated carbocycles. The molecule has 2 rings (SSSR count). The summed E-state index contributed by atoms with van der Waals surface area (Å²) in [6.07, 6.45) is -0.399. The van der Waals surface area contributed by atoms with E-state index in [4.69, 9.17) is 0 Å². The van der Waals surface area contributed by atoms with Gasteiger partial charge < -0.3 is 10.0 Å². The van der Waals surface area contributed by atoms with E-state index >= 15 is 0 Å². The number of non-ortho nitro benzene ring substituents is 1. The Kier molecular flexibility index (Phi) is 5.33. The highest BCUT2D eigenvalue weighted by Gasteiger charge is 2.29. The molecule has 23 heavy (non-hydrogen) atoms. The van der Waals surface area contributed by atoms with Gasteiger partial charge in [-0.3, -0.25) is 19.8 Å². The lowest BCUT2D eigenvalue weighted by atomic mass is 10.1. The topological polar surface area (TPSA) is 86.9 Å². The second-order valence-electron chi connectivity index (χ2n) is 6.27. The van der Waals surface area contributed by atoms with E-state index in [1.807, 2.05) is 6.92 Å². The maximum atomic E-state index is 12.7. The van der Waals surface area contributed by atoms with Gasteiger partial charge in [-0.25, -0.2) is 0 Å². The molecule has 0 bridgehead atoms. The number of nitrogens with zero attached hydrogens (tertiary/aromatic N) is 3. The molecule has 0 unspecified atom stereocenters. The highest BCUT2D eigenvalue weighted by atomic mass is 16.6. The van der Waals surface area contributed by atoms with Crippen LogP contribution in [0.2, 0.25) is 0 Å². The van der Waals surface area contributed by atoms with Gasteiger partial charge in [0.15, 0.2) is 0 Å². The molecule has 126 valence electrons. The predicted molar refractivity (Wildman–Crippen MR) is 86.5 cm³/mol. The standard InChI is InChI=1S/C16H23N3O4/c1-11-6-14(8-15(7-11)19(22)23)16(21)18-5-4-17(9-12(18)2)10-13(3)20/h6-8,12-13,20H,4-5,9-10H2,1-3H3/t12-,13-/m1/s1. The molecule has 2 atom stereocenters. The first-order chi connectivity index (χ1) is 10.8. The highest BCUT2D eigenvalue weighted by Crippen LogP contribution is 2.20. The Morgan fingerprint density at radius 3 is 2.70 bits per heavy atom. The van der Waals surface area contributed by atoms with Crippen LogP contribution < -0.4 is 0 Å². The van der Waals surface area contributed by atoms with Crippen LogP contribution in [0.5, 0.6) is 0 Å². The van der Waals surface area contributed by atoms with Crippen molar-refractivity contribution in [2.75, 3.05) is 26.2 Å². The summed E-state index contributed by atoms with van der Waals surface area (Å²) in [6.45, 7) is 7.95. The molecule has 1 saturated heterocycles. The molecule has 7 heteroatoms. The van der Waals surface area contributed by atoms with Gasteiger partial charge in [-0.1, -0.05) is 0 Å². The third kappa shape index (κ3) is 4.27. The molecule has 1 aromatic rings. The smallest absolute Gasteiger partial charge is 0.270 e. The second-order valence-corrected chi connectivity index (χ2v) is 6.27. The quantitative estimate of drug-likeness (QED) is 0.669. The largest absolute Gasteiger partial charge is 0.392 e. The van der Waals surface area contributed by atoms with Crippen LogP contribution in [0.4, 0.5) is 5.69 Å². The van der Waals surface area contributed by atoms with Crippen LogP contribution in [0, 0.1) is 17.0 Å². The molecule has 1 heterocycles. The van der Waals surface area contributed by atoms with E-state index in [2.05, 4.69) is 4.90 Å². The lowest BCUT2D eigenvalue weighted by Gasteiger charge is -2.40. The molecule has 1 aliphatic rings. The van der Waals surface area contributed by atoms with Gasteiger partial charge in [-0.2, -0.15) is 0 Å². The van der Waals surface area contributed by atoms with Crippen molar-refractivity contribution in [1.29, 1.82) is 0 Å². The maximum absolute atomic E-state index is 12.7. The molecule has 1 aliphatic heterocycles. The molecule has 0 aliphatic carbocycles. The number of nitro groups is 1. The third-order valence-electron chi connectivity index (χ3n) is 4.01. The Balaban J connectivity index is 2.14. The van der Waals surface area contributed by atoms with Crippen LogP contribution >= 0.6 is 0 Å². The number of nitro benzene ring substituents is 1. The Morgan fingerprint density at radius 2 is 2.13 bits per heavy atom. The van der Waals surface area contributed by atoms with E-state index in [0.29, 0.717) is 37.3 Å². The van der Waals surface area contributed by atoms with Crippen molar-refractivity contribution < 1.29 is 14.8 Å². The summed E-state index contributed by atoms with van der Waals surface area (Å²) in [6, 6.07) is 4.48. The van der Waals surface area contributed by atoms with Gasteiger partial charge in [0.2, 0.25) is 0 Å². The third-order valence-corrected chi connectivity index (χ3v) is 4.01. The van der Waals surface area contributed by atoms with Gasteiger partial charge in [0.25, 0.3) is 11.6 Å². The van der Waals surface area contributed by atoms with Crippen LogP contribution in [0.15, 0.2) is 18.2 Å². The average Bonchev–Trinajstić information content (AvgIpc) is 2.45. The zero-order chi connectivity index (χ0) is 17.1. The van der Waals surface area contributed by atoms with Crippen LogP contribution in [-0.4, -0.2) is 64.1 Å². The number of aliphatic hydroxyl groups excluding tert-OH is 1. The monoisotopic (exact) mass is 321 g/mol. The fourth-order valence-corrected chi connectivity index (χ4v) is 3.03. The van der Waals surface area contributed by atoms with Crippen molar-refractivity contribution in [1.82, 2.24) is 9.80 Å². The van der Waals surface area contributed by atoms with Crippen molar-refractivity contribution in [3.63, 3.8) is 0 Å². The summed E-state index contributed by atoms with van der Waals surface area (Å²) in [5.74, 6) is -0.180. The zero-order valence-corrected chi connectivity index (χ0v) is 13.7. The second kappa shape index (κ2) is 7.06. The molecule has 7 nitrogen and oxygen atoms in total. The summed E-state index contributed by atoms with van der Waals surface area (Å²) in [5, 5.41) is 20.4. The molecule has 0 spiro atoms. The van der Waals surface area contributed by atoms with Gasteiger partial charge in [0.1, 0.15) is 0 Å². The van der Waals surface area contributed by atoms with E-state index in [0.717, 1.165) is 0 Å². The normalized spacial score (nSPS) is 20.3. The number of hydrogen-bond acceptors (Lipinski definition) is 5. The minimum absolute atomic E-state index is 0.00503. The first-order valence-electron chi connectivity index (χ1n) is 7.75. The predicted octanol–water partition coefficient (Wildman–Crippen LogP) is 1.43. The molecule has 1 fully saturated rings. The van der Waals surface area contributed by atoms with Crippen molar-refractivity contribution in [2.24, 2.45) is 0 Å². The van der Waals surface area contributed by atoms with E-state index in [1.54, 1.807) is 24.8 Å². The van der Waals surface area contributed by atoms with Crippen molar-refractivity contribution in [2.45, 2.75) is 32.9 Å². The van der Waals surface area contributed by atoms with Gasteiger partial charge >= 0.3 is 0 Å². The Bertz CT molecular complexity index is 603. The molecule has 1 amide bonds. The van der Waals surface area contributed by atoms with Gasteiger partial charge in [0.05, 0.1) is 11.0 Å². The van der Waals surface area contributed by atoms with Gasteiger partial charge in [0, 0.05) is 49.9 Å². The van der Waals surface area contributed by atoms with Crippen molar-refractivity contribution >= 4 is 11.6 Å². The number of carbonyl (C=O) groups excluding carboxylic acids is 1. The van der Waals surface area contributed by atoms with Crippen LogP contribution in [-0.2, 0) is 0 Å². The van der Waals surface area contributed by atoms with E-state index < -0.39 is 11.0 Å². The van der Waals surface area contributed by atoms with E-state index in [9.17, 15) is 20.0 Å². The first-order valence-corrected chi connectivity index (χ1v) is 7.75. The molecule has 0 aromatic heterocycles. The number of hydrogen-bond donors (Lipinski definition) is 1. The molecule has 1 aromatic carbocycles. The summed E-state index contributed by atoms with van der Waals surface area (Å²) in [4.78, 5) is 27.1. The lowest BCUT2D eigenvalue weighted by Crippen LogP contribution is -2.55. The Morgan fingerprint density at radius 1 is 1.43 bits per heavy atom. The molecular formula is C16H23N3O4. The van der Waals surface area contributed by atoms with Crippen molar-refractivity contribution in [3.05, 3.63) is 39.4 Å².